The average Bonchev–Trinajstić information content (AvgIpc) is 3.24. The number of rotatable bonds is 4. The monoisotopic (exact) mass is 346 g/mol. The molecule has 1 atom stereocenters. The van der Waals surface area contributed by atoms with Crippen LogP contribution in [-0.4, -0.2) is 38.7 Å². The van der Waals surface area contributed by atoms with Crippen LogP contribution in [0, 0.1) is 0 Å². The summed E-state index contributed by atoms with van der Waals surface area (Å²) in [5, 5.41) is 7.63. The van der Waals surface area contributed by atoms with Crippen molar-refractivity contribution >= 4 is 5.91 Å². The Labute approximate surface area is 153 Å². The van der Waals surface area contributed by atoms with Gasteiger partial charge in [-0.15, -0.1) is 10.2 Å². The van der Waals surface area contributed by atoms with E-state index in [0.29, 0.717) is 12.3 Å². The van der Waals surface area contributed by atoms with Crippen LogP contribution in [0.4, 0.5) is 0 Å². The summed E-state index contributed by atoms with van der Waals surface area (Å²) in [6.45, 7) is 1.68. The van der Waals surface area contributed by atoms with Crippen LogP contribution in [0.2, 0.25) is 0 Å². The van der Waals surface area contributed by atoms with Crippen LogP contribution < -0.4 is 0 Å². The zero-order valence-corrected chi connectivity index (χ0v) is 14.7. The summed E-state index contributed by atoms with van der Waals surface area (Å²) >= 11 is 0. The normalized spacial score (nSPS) is 17.2. The number of likely N-dealkylation sites (tertiary alicyclic amines) is 1. The Kier molecular flexibility index (Phi) is 4.78. The molecule has 0 bridgehead atoms. The van der Waals surface area contributed by atoms with Crippen molar-refractivity contribution in [2.75, 3.05) is 13.1 Å². The maximum Gasteiger partial charge on any atom is 0.227 e. The minimum Gasteiger partial charge on any atom is -0.342 e. The highest BCUT2D eigenvalue weighted by atomic mass is 16.2. The molecular weight excluding hydrogens is 324 g/mol. The number of aromatic nitrogens is 3. The van der Waals surface area contributed by atoms with Gasteiger partial charge in [-0.1, -0.05) is 42.5 Å². The molecule has 1 saturated heterocycles. The van der Waals surface area contributed by atoms with Gasteiger partial charge in [0, 0.05) is 24.7 Å². The third-order valence-electron chi connectivity index (χ3n) is 5.05. The van der Waals surface area contributed by atoms with Crippen LogP contribution in [0.25, 0.3) is 5.69 Å². The number of carbonyl (C=O) groups excluding carboxylic acids is 1. The van der Waals surface area contributed by atoms with Gasteiger partial charge in [-0.3, -0.25) is 9.36 Å². The van der Waals surface area contributed by atoms with Gasteiger partial charge in [0.25, 0.3) is 0 Å². The van der Waals surface area contributed by atoms with Gasteiger partial charge in [0.1, 0.15) is 12.7 Å². The molecular formula is C21H22N4O. The third-order valence-corrected chi connectivity index (χ3v) is 5.05. The van der Waals surface area contributed by atoms with E-state index in [9.17, 15) is 4.79 Å². The molecule has 26 heavy (non-hydrogen) atoms. The van der Waals surface area contributed by atoms with Crippen molar-refractivity contribution in [1.82, 2.24) is 19.7 Å². The molecule has 1 amide bonds. The summed E-state index contributed by atoms with van der Waals surface area (Å²) in [5.41, 5.74) is 3.37. The molecule has 0 radical (unpaired) electrons. The number of carbonyl (C=O) groups is 1. The Morgan fingerprint density at radius 3 is 2.46 bits per heavy atom. The molecule has 1 aliphatic heterocycles. The van der Waals surface area contributed by atoms with Crippen LogP contribution in [0.15, 0.2) is 67.3 Å². The summed E-state index contributed by atoms with van der Waals surface area (Å²) in [6, 6.07) is 18.5. The van der Waals surface area contributed by atoms with Crippen molar-refractivity contribution in [3.05, 3.63) is 78.4 Å². The highest BCUT2D eigenvalue weighted by molar-refractivity contribution is 5.79. The predicted molar refractivity (Wildman–Crippen MR) is 100 cm³/mol. The smallest absolute Gasteiger partial charge is 0.227 e. The highest BCUT2D eigenvalue weighted by Crippen LogP contribution is 2.27. The lowest BCUT2D eigenvalue weighted by Gasteiger charge is -2.33. The zero-order chi connectivity index (χ0) is 17.8. The molecule has 2 heterocycles. The lowest BCUT2D eigenvalue weighted by molar-refractivity contribution is -0.131. The molecule has 1 fully saturated rings. The number of hydrogen-bond donors (Lipinski definition) is 0. The molecule has 0 aliphatic carbocycles. The molecule has 0 spiro atoms. The van der Waals surface area contributed by atoms with E-state index in [1.54, 1.807) is 12.7 Å². The number of piperidine rings is 1. The second-order valence-corrected chi connectivity index (χ2v) is 6.80. The number of hydrogen-bond acceptors (Lipinski definition) is 3. The quantitative estimate of drug-likeness (QED) is 0.729. The average molecular weight is 346 g/mol. The summed E-state index contributed by atoms with van der Waals surface area (Å²) in [4.78, 5) is 14.8. The molecule has 1 aliphatic rings. The first-order valence-corrected chi connectivity index (χ1v) is 9.06. The van der Waals surface area contributed by atoms with Crippen molar-refractivity contribution in [2.45, 2.75) is 25.2 Å². The van der Waals surface area contributed by atoms with E-state index < -0.39 is 0 Å². The Morgan fingerprint density at radius 1 is 1.00 bits per heavy atom. The summed E-state index contributed by atoms with van der Waals surface area (Å²) in [6.07, 6.45) is 6.00. The SMILES string of the molecule is O=C(Cc1ccc(-n2cnnc2)cc1)N1CCC[C@@H](c2ccccc2)C1. The largest absolute Gasteiger partial charge is 0.342 e. The predicted octanol–water partition coefficient (Wildman–Crippen LogP) is 3.22. The number of benzene rings is 2. The molecule has 2 aromatic carbocycles. The topological polar surface area (TPSA) is 51.0 Å². The molecule has 132 valence electrons. The highest BCUT2D eigenvalue weighted by Gasteiger charge is 2.24. The summed E-state index contributed by atoms with van der Waals surface area (Å²) in [7, 11) is 0. The minimum atomic E-state index is 0.211. The minimum absolute atomic E-state index is 0.211. The fraction of sp³-hybridized carbons (Fsp3) is 0.286. The molecule has 0 unspecified atom stereocenters. The van der Waals surface area contributed by atoms with Crippen molar-refractivity contribution in [1.29, 1.82) is 0 Å². The molecule has 0 N–H and O–H groups in total. The number of nitrogens with zero attached hydrogens (tertiary/aromatic N) is 4. The van der Waals surface area contributed by atoms with E-state index in [1.165, 1.54) is 5.56 Å². The van der Waals surface area contributed by atoms with Gasteiger partial charge in [-0.2, -0.15) is 0 Å². The number of amides is 1. The Bertz CT molecular complexity index is 843. The molecule has 3 aromatic rings. The van der Waals surface area contributed by atoms with E-state index in [2.05, 4.69) is 34.5 Å². The Hall–Kier alpha value is -2.95. The maximum absolute atomic E-state index is 12.8. The van der Waals surface area contributed by atoms with Gasteiger partial charge in [0.15, 0.2) is 0 Å². The van der Waals surface area contributed by atoms with Crippen molar-refractivity contribution < 1.29 is 4.79 Å². The van der Waals surface area contributed by atoms with Gasteiger partial charge in [-0.05, 0) is 36.1 Å². The van der Waals surface area contributed by atoms with Crippen LogP contribution in [0.1, 0.15) is 29.9 Å². The van der Waals surface area contributed by atoms with Crippen LogP contribution in [0.5, 0.6) is 0 Å². The lowest BCUT2D eigenvalue weighted by Crippen LogP contribution is -2.39. The van der Waals surface area contributed by atoms with Crippen LogP contribution in [-0.2, 0) is 11.2 Å². The van der Waals surface area contributed by atoms with E-state index in [4.69, 9.17) is 0 Å². The van der Waals surface area contributed by atoms with Crippen LogP contribution in [0.3, 0.4) is 0 Å². The van der Waals surface area contributed by atoms with Crippen molar-refractivity contribution in [3.8, 4) is 5.69 Å². The van der Waals surface area contributed by atoms with E-state index in [-0.39, 0.29) is 5.91 Å². The van der Waals surface area contributed by atoms with E-state index >= 15 is 0 Å². The molecule has 0 saturated carbocycles. The zero-order valence-electron chi connectivity index (χ0n) is 14.7. The first-order chi connectivity index (χ1) is 12.8. The third kappa shape index (κ3) is 3.67. The molecule has 5 nitrogen and oxygen atoms in total. The molecule has 1 aromatic heterocycles. The standard InChI is InChI=1S/C21H22N4O/c26-21(13-17-8-10-20(11-9-17)25-15-22-23-16-25)24-12-4-7-19(14-24)18-5-2-1-3-6-18/h1-3,5-6,8-11,15-16,19H,4,7,12-14H2/t19-/m1/s1. The van der Waals surface area contributed by atoms with Crippen molar-refractivity contribution in [2.24, 2.45) is 0 Å². The lowest BCUT2D eigenvalue weighted by atomic mass is 9.90. The fourth-order valence-electron chi connectivity index (χ4n) is 3.61. The Balaban J connectivity index is 1.40. The van der Waals surface area contributed by atoms with E-state index in [1.807, 2.05) is 39.8 Å². The van der Waals surface area contributed by atoms with Gasteiger partial charge >= 0.3 is 0 Å². The van der Waals surface area contributed by atoms with Gasteiger partial charge in [-0.25, -0.2) is 0 Å². The second kappa shape index (κ2) is 7.52. The first-order valence-electron chi connectivity index (χ1n) is 9.06. The Morgan fingerprint density at radius 2 is 1.73 bits per heavy atom. The van der Waals surface area contributed by atoms with Gasteiger partial charge in [0.2, 0.25) is 5.91 Å². The molecule has 4 rings (SSSR count). The van der Waals surface area contributed by atoms with Crippen LogP contribution >= 0.6 is 0 Å². The van der Waals surface area contributed by atoms with Gasteiger partial charge in [0.05, 0.1) is 6.42 Å². The van der Waals surface area contributed by atoms with Gasteiger partial charge < -0.3 is 4.90 Å². The summed E-state index contributed by atoms with van der Waals surface area (Å²) in [5.74, 6) is 0.660. The first kappa shape index (κ1) is 16.5. The fourth-order valence-corrected chi connectivity index (χ4v) is 3.61. The van der Waals surface area contributed by atoms with Crippen molar-refractivity contribution in [3.63, 3.8) is 0 Å². The van der Waals surface area contributed by atoms with E-state index in [0.717, 1.165) is 37.2 Å². The molecule has 5 heteroatoms. The maximum atomic E-state index is 12.8. The summed E-state index contributed by atoms with van der Waals surface area (Å²) < 4.78 is 1.85. The second-order valence-electron chi connectivity index (χ2n) is 6.80.